The van der Waals surface area contributed by atoms with Crippen molar-refractivity contribution in [1.29, 1.82) is 0 Å². The lowest BCUT2D eigenvalue weighted by molar-refractivity contribution is 0.102. The average Bonchev–Trinajstić information content (AvgIpc) is 2.74. The first kappa shape index (κ1) is 19.0. The second kappa shape index (κ2) is 8.72. The molecule has 1 aromatic heterocycles. The van der Waals surface area contributed by atoms with E-state index in [9.17, 15) is 4.79 Å². The Hall–Kier alpha value is -3.81. The first-order valence-corrected chi connectivity index (χ1v) is 8.41. The maximum Gasteiger partial charge on any atom is 0.276 e. The highest BCUT2D eigenvalue weighted by Crippen LogP contribution is 2.30. The Morgan fingerprint density at radius 3 is 2.11 bits per heavy atom. The van der Waals surface area contributed by atoms with Gasteiger partial charge in [-0.3, -0.25) is 4.79 Å². The summed E-state index contributed by atoms with van der Waals surface area (Å²) in [6, 6.07) is 15.7. The number of hydrogen-bond donors (Lipinski definition) is 2. The lowest BCUT2D eigenvalue weighted by atomic mass is 10.2. The Balaban J connectivity index is 1.66. The molecule has 0 aliphatic rings. The summed E-state index contributed by atoms with van der Waals surface area (Å²) in [5.41, 5.74) is 1.59. The van der Waals surface area contributed by atoms with Crippen LogP contribution in [0.4, 0.5) is 17.2 Å². The molecule has 0 atom stereocenters. The van der Waals surface area contributed by atoms with Crippen molar-refractivity contribution in [3.8, 4) is 17.2 Å². The summed E-state index contributed by atoms with van der Waals surface area (Å²) in [6.07, 6.45) is 0. The minimum Gasteiger partial charge on any atom is -0.497 e. The van der Waals surface area contributed by atoms with E-state index in [4.69, 9.17) is 14.2 Å². The number of benzene rings is 2. The van der Waals surface area contributed by atoms with Gasteiger partial charge >= 0.3 is 0 Å². The normalized spacial score (nSPS) is 10.1. The van der Waals surface area contributed by atoms with Crippen molar-refractivity contribution < 1.29 is 19.0 Å². The summed E-state index contributed by atoms with van der Waals surface area (Å²) in [7, 11) is 4.73. The molecule has 1 amide bonds. The van der Waals surface area contributed by atoms with Gasteiger partial charge in [0.2, 0.25) is 0 Å². The fourth-order valence-electron chi connectivity index (χ4n) is 2.45. The third-order valence-electron chi connectivity index (χ3n) is 3.90. The van der Waals surface area contributed by atoms with Crippen molar-refractivity contribution >= 4 is 23.1 Å². The third kappa shape index (κ3) is 4.47. The monoisotopic (exact) mass is 380 g/mol. The smallest absolute Gasteiger partial charge is 0.276 e. The van der Waals surface area contributed by atoms with Gasteiger partial charge in [-0.2, -0.15) is 0 Å². The molecule has 2 N–H and O–H groups in total. The van der Waals surface area contributed by atoms with Gasteiger partial charge in [0.25, 0.3) is 5.91 Å². The van der Waals surface area contributed by atoms with Gasteiger partial charge in [0, 0.05) is 17.4 Å². The molecule has 0 spiro atoms. The minimum absolute atomic E-state index is 0.202. The van der Waals surface area contributed by atoms with E-state index in [1.807, 2.05) is 6.07 Å². The summed E-state index contributed by atoms with van der Waals surface area (Å²) in [4.78, 5) is 12.3. The molecule has 1 heterocycles. The summed E-state index contributed by atoms with van der Waals surface area (Å²) in [5.74, 6) is 2.08. The molecule has 0 bridgehead atoms. The van der Waals surface area contributed by atoms with Crippen LogP contribution in [0.25, 0.3) is 0 Å². The second-order valence-corrected chi connectivity index (χ2v) is 5.68. The van der Waals surface area contributed by atoms with Crippen LogP contribution in [0.1, 0.15) is 10.5 Å². The zero-order valence-electron chi connectivity index (χ0n) is 15.7. The lowest BCUT2D eigenvalue weighted by Gasteiger charge is -2.11. The molecule has 8 heteroatoms. The zero-order valence-corrected chi connectivity index (χ0v) is 15.7. The van der Waals surface area contributed by atoms with E-state index in [1.54, 1.807) is 69.9 Å². The molecule has 0 saturated carbocycles. The number of nitrogens with one attached hydrogen (secondary N) is 2. The van der Waals surface area contributed by atoms with Gasteiger partial charge in [-0.15, -0.1) is 10.2 Å². The van der Waals surface area contributed by atoms with Crippen LogP contribution in [0, 0.1) is 0 Å². The summed E-state index contributed by atoms with van der Waals surface area (Å²) in [6.45, 7) is 0. The van der Waals surface area contributed by atoms with Crippen molar-refractivity contribution in [2.75, 3.05) is 32.0 Å². The van der Waals surface area contributed by atoms with E-state index in [-0.39, 0.29) is 11.6 Å². The third-order valence-corrected chi connectivity index (χ3v) is 3.90. The molecule has 28 heavy (non-hydrogen) atoms. The molecule has 0 fully saturated rings. The largest absolute Gasteiger partial charge is 0.497 e. The predicted molar refractivity (Wildman–Crippen MR) is 106 cm³/mol. The Bertz CT molecular complexity index is 943. The standard InChI is InChI=1S/C20H20N4O4/c1-26-15-7-4-13(5-8-15)22-20(25)16-9-11-19(24-23-16)21-14-6-10-17(27-2)18(12-14)28-3/h4-12H,1-3H3,(H,21,24)(H,22,25). The lowest BCUT2D eigenvalue weighted by Crippen LogP contribution is -2.14. The number of methoxy groups -OCH3 is 3. The van der Waals surface area contributed by atoms with Crippen LogP contribution in [0.2, 0.25) is 0 Å². The van der Waals surface area contributed by atoms with Crippen LogP contribution in [0.5, 0.6) is 17.2 Å². The summed E-state index contributed by atoms with van der Waals surface area (Å²) in [5, 5.41) is 13.9. The maximum atomic E-state index is 12.3. The molecule has 0 radical (unpaired) electrons. The van der Waals surface area contributed by atoms with E-state index in [1.165, 1.54) is 0 Å². The van der Waals surface area contributed by atoms with Crippen LogP contribution in [-0.2, 0) is 0 Å². The van der Waals surface area contributed by atoms with Crippen LogP contribution in [0.15, 0.2) is 54.6 Å². The Morgan fingerprint density at radius 2 is 1.50 bits per heavy atom. The van der Waals surface area contributed by atoms with Gasteiger partial charge in [-0.05, 0) is 48.5 Å². The molecule has 2 aromatic carbocycles. The molecular formula is C20H20N4O4. The number of ether oxygens (including phenoxy) is 3. The van der Waals surface area contributed by atoms with Gasteiger partial charge in [-0.25, -0.2) is 0 Å². The topological polar surface area (TPSA) is 94.6 Å². The quantitative estimate of drug-likeness (QED) is 0.648. The van der Waals surface area contributed by atoms with Crippen molar-refractivity contribution in [2.45, 2.75) is 0 Å². The number of carbonyl (C=O) groups is 1. The van der Waals surface area contributed by atoms with Crippen LogP contribution in [-0.4, -0.2) is 37.4 Å². The molecular weight excluding hydrogens is 360 g/mol. The molecule has 8 nitrogen and oxygen atoms in total. The highest BCUT2D eigenvalue weighted by Gasteiger charge is 2.10. The number of anilines is 3. The highest BCUT2D eigenvalue weighted by atomic mass is 16.5. The molecule has 0 saturated heterocycles. The molecule has 3 rings (SSSR count). The van der Waals surface area contributed by atoms with Gasteiger partial charge in [0.1, 0.15) is 5.75 Å². The fraction of sp³-hybridized carbons (Fsp3) is 0.150. The van der Waals surface area contributed by atoms with Crippen molar-refractivity contribution in [3.05, 3.63) is 60.3 Å². The zero-order chi connectivity index (χ0) is 19.9. The molecule has 0 unspecified atom stereocenters. The summed E-state index contributed by atoms with van der Waals surface area (Å²) < 4.78 is 15.6. The van der Waals surface area contributed by atoms with Crippen molar-refractivity contribution in [2.24, 2.45) is 0 Å². The van der Waals surface area contributed by atoms with Crippen molar-refractivity contribution in [3.63, 3.8) is 0 Å². The van der Waals surface area contributed by atoms with E-state index >= 15 is 0 Å². The van der Waals surface area contributed by atoms with E-state index < -0.39 is 0 Å². The van der Waals surface area contributed by atoms with Crippen LogP contribution < -0.4 is 24.8 Å². The molecule has 0 aliphatic carbocycles. The van der Waals surface area contributed by atoms with E-state index in [0.29, 0.717) is 28.8 Å². The van der Waals surface area contributed by atoms with Gasteiger partial charge in [0.05, 0.1) is 21.3 Å². The predicted octanol–water partition coefficient (Wildman–Crippen LogP) is 3.50. The van der Waals surface area contributed by atoms with Crippen LogP contribution in [0.3, 0.4) is 0 Å². The maximum absolute atomic E-state index is 12.3. The SMILES string of the molecule is COc1ccc(NC(=O)c2ccc(Nc3ccc(OC)c(OC)c3)nn2)cc1. The molecule has 0 aliphatic heterocycles. The number of aromatic nitrogens is 2. The fourth-order valence-corrected chi connectivity index (χ4v) is 2.45. The van der Waals surface area contributed by atoms with Gasteiger partial charge < -0.3 is 24.8 Å². The summed E-state index contributed by atoms with van der Waals surface area (Å²) >= 11 is 0. The average molecular weight is 380 g/mol. The van der Waals surface area contributed by atoms with Gasteiger partial charge in [-0.1, -0.05) is 0 Å². The number of nitrogens with zero attached hydrogens (tertiary/aromatic N) is 2. The minimum atomic E-state index is -0.352. The molecule has 144 valence electrons. The first-order valence-electron chi connectivity index (χ1n) is 8.41. The Kier molecular flexibility index (Phi) is 5.91. The molecule has 3 aromatic rings. The number of carbonyl (C=O) groups excluding carboxylic acids is 1. The number of amides is 1. The number of rotatable bonds is 7. The van der Waals surface area contributed by atoms with Gasteiger partial charge in [0.15, 0.2) is 23.0 Å². The van der Waals surface area contributed by atoms with E-state index in [0.717, 1.165) is 5.69 Å². The van der Waals surface area contributed by atoms with E-state index in [2.05, 4.69) is 20.8 Å². The highest BCUT2D eigenvalue weighted by molar-refractivity contribution is 6.02. The second-order valence-electron chi connectivity index (χ2n) is 5.68. The van der Waals surface area contributed by atoms with Crippen molar-refractivity contribution in [1.82, 2.24) is 10.2 Å². The first-order chi connectivity index (χ1) is 13.6. The Labute approximate surface area is 162 Å². The number of hydrogen-bond acceptors (Lipinski definition) is 7. The van der Waals surface area contributed by atoms with Crippen LogP contribution >= 0.6 is 0 Å². The Morgan fingerprint density at radius 1 is 0.786 bits per heavy atom.